The molecule has 3 rings (SSSR count). The first-order valence-corrected chi connectivity index (χ1v) is 9.99. The van der Waals surface area contributed by atoms with E-state index in [0.717, 1.165) is 64.2 Å². The number of aliphatic hydroxyl groups excluding tert-OH is 1. The summed E-state index contributed by atoms with van der Waals surface area (Å²) in [6, 6.07) is 0. The Labute approximate surface area is 151 Å². The lowest BCUT2D eigenvalue weighted by atomic mass is 9.83. The van der Waals surface area contributed by atoms with Crippen LogP contribution < -0.4 is 0 Å². The highest BCUT2D eigenvalue weighted by atomic mass is 16.7. The van der Waals surface area contributed by atoms with Crippen molar-refractivity contribution >= 4 is 5.97 Å². The highest BCUT2D eigenvalue weighted by molar-refractivity contribution is 5.66. The van der Waals surface area contributed by atoms with E-state index in [4.69, 9.17) is 14.6 Å². The van der Waals surface area contributed by atoms with E-state index in [1.54, 1.807) is 0 Å². The molecule has 5 nitrogen and oxygen atoms in total. The Hall–Kier alpha value is -0.910. The van der Waals surface area contributed by atoms with Gasteiger partial charge in [0.15, 0.2) is 6.29 Å². The topological polar surface area (TPSA) is 76.0 Å². The average molecular weight is 354 g/mol. The molecule has 0 radical (unpaired) electrons. The molecule has 0 amide bonds. The Bertz CT molecular complexity index is 416. The number of hydrogen-bond acceptors (Lipinski definition) is 4. The Kier molecular flexibility index (Phi) is 8.93. The summed E-state index contributed by atoms with van der Waals surface area (Å²) >= 11 is 0. The second kappa shape index (κ2) is 10.9. The first-order valence-electron chi connectivity index (χ1n) is 9.99. The van der Waals surface area contributed by atoms with Crippen molar-refractivity contribution in [3.8, 4) is 0 Å². The van der Waals surface area contributed by atoms with Gasteiger partial charge in [-0.3, -0.25) is 4.79 Å². The van der Waals surface area contributed by atoms with Crippen molar-refractivity contribution < 1.29 is 24.5 Å². The van der Waals surface area contributed by atoms with Crippen molar-refractivity contribution in [1.29, 1.82) is 0 Å². The highest BCUT2D eigenvalue weighted by Crippen LogP contribution is 2.41. The summed E-state index contributed by atoms with van der Waals surface area (Å²) < 4.78 is 11.7. The van der Waals surface area contributed by atoms with E-state index in [9.17, 15) is 9.90 Å². The Morgan fingerprint density at radius 1 is 1.16 bits per heavy atom. The Morgan fingerprint density at radius 2 is 1.92 bits per heavy atom. The third kappa shape index (κ3) is 7.08. The maximum absolute atomic E-state index is 10.5. The maximum Gasteiger partial charge on any atom is 0.303 e. The molecule has 0 aromatic carbocycles. The molecule has 3 fully saturated rings. The predicted molar refractivity (Wildman–Crippen MR) is 96.3 cm³/mol. The van der Waals surface area contributed by atoms with Crippen molar-refractivity contribution in [2.75, 3.05) is 0 Å². The van der Waals surface area contributed by atoms with Crippen molar-refractivity contribution in [2.24, 2.45) is 5.92 Å². The first-order chi connectivity index (χ1) is 12.1. The van der Waals surface area contributed by atoms with Gasteiger partial charge in [0.2, 0.25) is 0 Å². The molecule has 5 atom stereocenters. The molecule has 0 unspecified atom stereocenters. The fourth-order valence-corrected chi connectivity index (χ4v) is 3.71. The standard InChI is InChI=1S/C20H34O5/c1-2-3-6-9-15(21)12-13-17-16(18-14-20(24-17)25-18)10-7-4-5-8-11-19(22)23/h12-13,15-18,20-21H,2-11,14H2,1H3,(H,22,23)/b13-12+/t15-,16+,17+,18-,20+/m0/s1. The van der Waals surface area contributed by atoms with Crippen molar-refractivity contribution in [1.82, 2.24) is 0 Å². The quantitative estimate of drug-likeness (QED) is 0.386. The fraction of sp³-hybridized carbons (Fsp3) is 0.850. The molecule has 2 N–H and O–H groups in total. The molecule has 0 aliphatic carbocycles. The molecule has 25 heavy (non-hydrogen) atoms. The van der Waals surface area contributed by atoms with Crippen molar-refractivity contribution in [3.63, 3.8) is 0 Å². The number of carboxylic acid groups (broad SMARTS) is 1. The fourth-order valence-electron chi connectivity index (χ4n) is 3.71. The number of hydrogen-bond donors (Lipinski definition) is 2. The van der Waals surface area contributed by atoms with Gasteiger partial charge in [-0.2, -0.15) is 0 Å². The van der Waals surface area contributed by atoms with Gasteiger partial charge in [-0.05, 0) is 19.3 Å². The number of unbranched alkanes of at least 4 members (excludes halogenated alkanes) is 5. The van der Waals surface area contributed by atoms with E-state index in [0.29, 0.717) is 5.92 Å². The summed E-state index contributed by atoms with van der Waals surface area (Å²) in [6.45, 7) is 2.16. The summed E-state index contributed by atoms with van der Waals surface area (Å²) in [5, 5.41) is 18.7. The van der Waals surface area contributed by atoms with Gasteiger partial charge in [-0.15, -0.1) is 0 Å². The summed E-state index contributed by atoms with van der Waals surface area (Å²) in [5.41, 5.74) is 0. The molecule has 3 heterocycles. The minimum absolute atomic E-state index is 0.0392. The normalized spacial score (nSPS) is 29.5. The SMILES string of the molecule is CCCCC[C@H](O)/C=C/[C@H]1O[C@H]2C[C@H](O2)[C@@H]1CCCCCCC(=O)O. The third-order valence-corrected chi connectivity index (χ3v) is 5.26. The molecule has 5 heteroatoms. The van der Waals surface area contributed by atoms with Gasteiger partial charge in [0.1, 0.15) is 0 Å². The molecule has 3 saturated heterocycles. The molecule has 3 aliphatic heterocycles. The lowest BCUT2D eigenvalue weighted by Gasteiger charge is -2.50. The number of ether oxygens (including phenoxy) is 2. The van der Waals surface area contributed by atoms with Crippen LogP contribution in [-0.4, -0.2) is 40.8 Å². The summed E-state index contributed by atoms with van der Waals surface area (Å²) in [7, 11) is 0. The monoisotopic (exact) mass is 354 g/mol. The van der Waals surface area contributed by atoms with Gasteiger partial charge in [0, 0.05) is 18.8 Å². The highest BCUT2D eigenvalue weighted by Gasteiger charge is 2.46. The van der Waals surface area contributed by atoms with E-state index < -0.39 is 5.97 Å². The molecule has 0 saturated carbocycles. The van der Waals surface area contributed by atoms with E-state index in [1.165, 1.54) is 0 Å². The molecule has 0 aromatic heterocycles. The number of fused-ring (bicyclic) bond motifs is 2. The van der Waals surface area contributed by atoms with E-state index >= 15 is 0 Å². The Morgan fingerprint density at radius 3 is 2.64 bits per heavy atom. The Balaban J connectivity index is 1.70. The smallest absolute Gasteiger partial charge is 0.303 e. The zero-order valence-corrected chi connectivity index (χ0v) is 15.4. The van der Waals surface area contributed by atoms with Gasteiger partial charge in [-0.1, -0.05) is 57.6 Å². The van der Waals surface area contributed by atoms with Crippen LogP contribution in [0.5, 0.6) is 0 Å². The van der Waals surface area contributed by atoms with Crippen LogP contribution in [0.25, 0.3) is 0 Å². The van der Waals surface area contributed by atoms with Crippen molar-refractivity contribution in [3.05, 3.63) is 12.2 Å². The zero-order valence-electron chi connectivity index (χ0n) is 15.4. The molecule has 144 valence electrons. The lowest BCUT2D eigenvalue weighted by Crippen LogP contribution is -2.55. The van der Waals surface area contributed by atoms with E-state index in [-0.39, 0.29) is 31.0 Å². The van der Waals surface area contributed by atoms with Gasteiger partial charge >= 0.3 is 5.97 Å². The number of aliphatic carboxylic acids is 1. The predicted octanol–water partition coefficient (Wildman–Crippen LogP) is 4.04. The van der Waals surface area contributed by atoms with E-state index in [1.807, 2.05) is 12.2 Å². The lowest BCUT2D eigenvalue weighted by molar-refractivity contribution is -0.338. The number of carbonyl (C=O) groups is 1. The summed E-state index contributed by atoms with van der Waals surface area (Å²) in [6.07, 6.45) is 14.1. The minimum Gasteiger partial charge on any atom is -0.481 e. The average Bonchev–Trinajstić information content (AvgIpc) is 2.55. The summed E-state index contributed by atoms with van der Waals surface area (Å²) in [5.74, 6) is -0.360. The molecular formula is C20H34O5. The van der Waals surface area contributed by atoms with Gasteiger partial charge < -0.3 is 19.7 Å². The van der Waals surface area contributed by atoms with Crippen LogP contribution in [0.2, 0.25) is 0 Å². The van der Waals surface area contributed by atoms with Crippen LogP contribution in [0.3, 0.4) is 0 Å². The van der Waals surface area contributed by atoms with Gasteiger partial charge in [0.25, 0.3) is 0 Å². The van der Waals surface area contributed by atoms with E-state index in [2.05, 4.69) is 6.92 Å². The van der Waals surface area contributed by atoms with Crippen LogP contribution in [0, 0.1) is 5.92 Å². The molecule has 3 aliphatic rings. The molecule has 2 bridgehead atoms. The van der Waals surface area contributed by atoms with Gasteiger partial charge in [0.05, 0.1) is 18.3 Å². The molecule has 0 spiro atoms. The number of rotatable bonds is 13. The zero-order chi connectivity index (χ0) is 18.1. The second-order valence-corrected chi connectivity index (χ2v) is 7.40. The number of aliphatic hydroxyl groups is 1. The maximum atomic E-state index is 10.5. The number of carboxylic acids is 1. The van der Waals surface area contributed by atoms with Crippen LogP contribution >= 0.6 is 0 Å². The largest absolute Gasteiger partial charge is 0.481 e. The molecular weight excluding hydrogens is 320 g/mol. The third-order valence-electron chi connectivity index (χ3n) is 5.26. The van der Waals surface area contributed by atoms with Crippen LogP contribution in [0.4, 0.5) is 0 Å². The molecule has 0 aromatic rings. The summed E-state index contributed by atoms with van der Waals surface area (Å²) in [4.78, 5) is 10.5. The van der Waals surface area contributed by atoms with Gasteiger partial charge in [-0.25, -0.2) is 0 Å². The van der Waals surface area contributed by atoms with Crippen molar-refractivity contribution in [2.45, 2.75) is 102 Å². The second-order valence-electron chi connectivity index (χ2n) is 7.40. The van der Waals surface area contributed by atoms with Crippen LogP contribution in [-0.2, 0) is 14.3 Å². The first kappa shape index (κ1) is 20.4. The minimum atomic E-state index is -0.711. The van der Waals surface area contributed by atoms with Crippen LogP contribution in [0.15, 0.2) is 12.2 Å². The van der Waals surface area contributed by atoms with Crippen LogP contribution in [0.1, 0.15) is 77.6 Å².